The number of aliphatic hydroxyl groups excluding tert-OH is 1. The van der Waals surface area contributed by atoms with E-state index in [2.05, 4.69) is 4.98 Å². The zero-order valence-corrected chi connectivity index (χ0v) is 11.9. The Bertz CT molecular complexity index is 744. The van der Waals surface area contributed by atoms with Crippen molar-refractivity contribution in [2.75, 3.05) is 13.2 Å². The van der Waals surface area contributed by atoms with Gasteiger partial charge in [-0.3, -0.25) is 4.79 Å². The van der Waals surface area contributed by atoms with E-state index in [-0.39, 0.29) is 41.9 Å². The number of aliphatic hydroxyl groups is 1. The average Bonchev–Trinajstić information content (AvgIpc) is 2.41. The number of phenols is 2. The first-order valence-corrected chi connectivity index (χ1v) is 6.56. The molecule has 0 saturated carbocycles. The molecule has 0 atom stereocenters. The summed E-state index contributed by atoms with van der Waals surface area (Å²) in [7, 11) is 0. The molecule has 1 heterocycles. The van der Waals surface area contributed by atoms with Gasteiger partial charge in [0.25, 0.3) is 5.56 Å². The summed E-state index contributed by atoms with van der Waals surface area (Å²) in [5, 5.41) is 28.5. The number of rotatable bonds is 4. The maximum absolute atomic E-state index is 12.0. The first-order chi connectivity index (χ1) is 9.92. The molecule has 6 N–H and O–H groups in total. The highest BCUT2D eigenvalue weighted by Gasteiger charge is 2.12. The maximum Gasteiger partial charge on any atom is 0.253 e. The van der Waals surface area contributed by atoms with Crippen LogP contribution in [0, 0.1) is 0 Å². The molecule has 0 unspecified atom stereocenters. The normalized spacial score (nSPS) is 10.7. The van der Waals surface area contributed by atoms with Crippen molar-refractivity contribution in [2.24, 2.45) is 5.73 Å². The lowest BCUT2D eigenvalue weighted by Crippen LogP contribution is -2.38. The molecule has 0 aliphatic rings. The van der Waals surface area contributed by atoms with Gasteiger partial charge in [-0.05, 0) is 24.4 Å². The molecular formula is C13H15N3O4S. The lowest BCUT2D eigenvalue weighted by Gasteiger charge is -2.21. The Morgan fingerprint density at radius 2 is 1.95 bits per heavy atom. The minimum Gasteiger partial charge on any atom is -0.504 e. The molecular weight excluding hydrogens is 294 g/mol. The molecule has 0 bridgehead atoms. The van der Waals surface area contributed by atoms with Crippen LogP contribution in [0.15, 0.2) is 23.0 Å². The van der Waals surface area contributed by atoms with E-state index in [0.29, 0.717) is 16.5 Å². The van der Waals surface area contributed by atoms with Crippen molar-refractivity contribution in [3.8, 4) is 11.5 Å². The molecule has 0 radical (unpaired) electrons. The average molecular weight is 309 g/mol. The van der Waals surface area contributed by atoms with E-state index in [0.717, 1.165) is 0 Å². The van der Waals surface area contributed by atoms with Crippen LogP contribution in [-0.4, -0.2) is 43.5 Å². The van der Waals surface area contributed by atoms with Crippen LogP contribution < -0.4 is 11.3 Å². The molecule has 112 valence electrons. The smallest absolute Gasteiger partial charge is 0.253 e. The third kappa shape index (κ3) is 3.23. The van der Waals surface area contributed by atoms with E-state index in [1.54, 1.807) is 6.07 Å². The molecule has 0 amide bonds. The predicted molar refractivity (Wildman–Crippen MR) is 82.2 cm³/mol. The molecule has 0 saturated heterocycles. The molecule has 2 aromatic rings. The number of hydrogen-bond acceptors (Lipinski definition) is 5. The second-order valence-electron chi connectivity index (χ2n) is 4.54. The molecule has 0 spiro atoms. The van der Waals surface area contributed by atoms with E-state index in [9.17, 15) is 15.0 Å². The van der Waals surface area contributed by atoms with Crippen molar-refractivity contribution in [2.45, 2.75) is 6.54 Å². The molecule has 1 aromatic heterocycles. The number of benzene rings is 1. The molecule has 0 aliphatic carbocycles. The van der Waals surface area contributed by atoms with Gasteiger partial charge in [-0.2, -0.15) is 0 Å². The number of H-pyrrole nitrogens is 1. The number of nitrogens with one attached hydrogen (secondary N) is 1. The summed E-state index contributed by atoms with van der Waals surface area (Å²) in [5.74, 6) is -0.585. The van der Waals surface area contributed by atoms with E-state index in [4.69, 9.17) is 23.1 Å². The summed E-state index contributed by atoms with van der Waals surface area (Å²) in [6, 6.07) is 4.20. The predicted octanol–water partition coefficient (Wildman–Crippen LogP) is -0.0228. The quantitative estimate of drug-likeness (QED) is 0.397. The number of aromatic nitrogens is 1. The maximum atomic E-state index is 12.0. The van der Waals surface area contributed by atoms with Crippen LogP contribution in [-0.2, 0) is 6.54 Å². The standard InChI is InChI=1S/C13H15N3O4S/c14-13(21)16(1-2-17)6-8-3-7-4-10(18)11(19)5-9(7)15-12(8)20/h3-5,17-19H,1-2,6H2,(H2,14,21)(H,15,20). The Balaban J connectivity index is 2.44. The van der Waals surface area contributed by atoms with Crippen LogP contribution in [0.2, 0.25) is 0 Å². The highest BCUT2D eigenvalue weighted by Crippen LogP contribution is 2.28. The molecule has 1 aromatic carbocycles. The van der Waals surface area contributed by atoms with Crippen LogP contribution in [0.4, 0.5) is 0 Å². The van der Waals surface area contributed by atoms with Gasteiger partial charge in [-0.25, -0.2) is 0 Å². The van der Waals surface area contributed by atoms with Gasteiger partial charge in [0.15, 0.2) is 16.6 Å². The first kappa shape index (κ1) is 15.1. The summed E-state index contributed by atoms with van der Waals surface area (Å²) < 4.78 is 0. The van der Waals surface area contributed by atoms with Crippen molar-refractivity contribution in [1.82, 2.24) is 9.88 Å². The van der Waals surface area contributed by atoms with Crippen molar-refractivity contribution < 1.29 is 15.3 Å². The summed E-state index contributed by atoms with van der Waals surface area (Å²) in [6.45, 7) is 0.216. The van der Waals surface area contributed by atoms with Gasteiger partial charge in [-0.1, -0.05) is 0 Å². The van der Waals surface area contributed by atoms with Crippen LogP contribution in [0.25, 0.3) is 10.9 Å². The number of aromatic hydroxyl groups is 2. The second kappa shape index (κ2) is 5.98. The van der Waals surface area contributed by atoms with Crippen LogP contribution in [0.1, 0.15) is 5.56 Å². The van der Waals surface area contributed by atoms with Gasteiger partial charge in [0, 0.05) is 23.6 Å². The Hall–Kier alpha value is -2.32. The number of fused-ring (bicyclic) bond motifs is 1. The lowest BCUT2D eigenvalue weighted by molar-refractivity contribution is 0.247. The Morgan fingerprint density at radius 3 is 2.57 bits per heavy atom. The highest BCUT2D eigenvalue weighted by atomic mass is 32.1. The van der Waals surface area contributed by atoms with E-state index < -0.39 is 0 Å². The Kier molecular flexibility index (Phi) is 4.29. The Labute approximate surface area is 125 Å². The van der Waals surface area contributed by atoms with Gasteiger partial charge in [-0.15, -0.1) is 0 Å². The number of nitrogens with two attached hydrogens (primary N) is 1. The summed E-state index contributed by atoms with van der Waals surface area (Å²) in [6.07, 6.45) is 0. The number of pyridine rings is 1. The minimum absolute atomic E-state index is 0.0806. The minimum atomic E-state index is -0.355. The highest BCUT2D eigenvalue weighted by molar-refractivity contribution is 7.80. The second-order valence-corrected chi connectivity index (χ2v) is 4.95. The number of phenolic OH excluding ortho intramolecular Hbond substituents is 2. The van der Waals surface area contributed by atoms with Crippen molar-refractivity contribution >= 4 is 28.2 Å². The van der Waals surface area contributed by atoms with Gasteiger partial charge < -0.3 is 30.9 Å². The zero-order chi connectivity index (χ0) is 15.6. The van der Waals surface area contributed by atoms with Crippen LogP contribution in [0.3, 0.4) is 0 Å². The molecule has 2 rings (SSSR count). The fraction of sp³-hybridized carbons (Fsp3) is 0.231. The van der Waals surface area contributed by atoms with Crippen LogP contribution >= 0.6 is 12.2 Å². The monoisotopic (exact) mass is 309 g/mol. The van der Waals surface area contributed by atoms with Crippen molar-refractivity contribution in [3.63, 3.8) is 0 Å². The number of aromatic amines is 1. The zero-order valence-electron chi connectivity index (χ0n) is 11.0. The molecule has 0 fully saturated rings. The molecule has 7 nitrogen and oxygen atoms in total. The molecule has 0 aliphatic heterocycles. The number of nitrogens with zero attached hydrogens (tertiary/aromatic N) is 1. The summed E-state index contributed by atoms with van der Waals surface area (Å²) >= 11 is 4.87. The number of thiocarbonyl (C=S) groups is 1. The SMILES string of the molecule is NC(=S)N(CCO)Cc1cc2cc(O)c(O)cc2[nH]c1=O. The first-order valence-electron chi connectivity index (χ1n) is 6.15. The van der Waals surface area contributed by atoms with Gasteiger partial charge in [0.05, 0.1) is 18.7 Å². The van der Waals surface area contributed by atoms with Gasteiger partial charge in [0.1, 0.15) is 0 Å². The van der Waals surface area contributed by atoms with E-state index in [1.807, 2.05) is 0 Å². The third-order valence-electron chi connectivity index (χ3n) is 3.06. The lowest BCUT2D eigenvalue weighted by atomic mass is 10.1. The van der Waals surface area contributed by atoms with Gasteiger partial charge >= 0.3 is 0 Å². The van der Waals surface area contributed by atoms with E-state index in [1.165, 1.54) is 17.0 Å². The summed E-state index contributed by atoms with van der Waals surface area (Å²) in [4.78, 5) is 16.1. The molecule has 8 heteroatoms. The third-order valence-corrected chi connectivity index (χ3v) is 3.32. The fourth-order valence-corrected chi connectivity index (χ4v) is 2.14. The van der Waals surface area contributed by atoms with Crippen LogP contribution in [0.5, 0.6) is 11.5 Å². The van der Waals surface area contributed by atoms with Crippen molar-refractivity contribution in [3.05, 3.63) is 34.1 Å². The number of hydrogen-bond donors (Lipinski definition) is 5. The molecule has 21 heavy (non-hydrogen) atoms. The Morgan fingerprint density at radius 1 is 1.29 bits per heavy atom. The topological polar surface area (TPSA) is 123 Å². The fourth-order valence-electron chi connectivity index (χ4n) is 1.99. The van der Waals surface area contributed by atoms with E-state index >= 15 is 0 Å². The van der Waals surface area contributed by atoms with Crippen molar-refractivity contribution in [1.29, 1.82) is 0 Å². The largest absolute Gasteiger partial charge is 0.504 e. The summed E-state index contributed by atoms with van der Waals surface area (Å²) in [5.41, 5.74) is 5.97. The van der Waals surface area contributed by atoms with Gasteiger partial charge in [0.2, 0.25) is 0 Å².